The summed E-state index contributed by atoms with van der Waals surface area (Å²) in [6, 6.07) is 25.9. The fraction of sp³-hybridized carbons (Fsp3) is 0.0476. The van der Waals surface area contributed by atoms with Crippen LogP contribution in [-0.2, 0) is 4.79 Å². The molecular formula is C21H18BrN3OS. The topological polar surface area (TPSA) is 53.2 Å². The van der Waals surface area contributed by atoms with E-state index < -0.39 is 6.04 Å². The lowest BCUT2D eigenvalue weighted by Crippen LogP contribution is -2.39. The van der Waals surface area contributed by atoms with E-state index in [1.54, 1.807) is 0 Å². The predicted molar refractivity (Wildman–Crippen MR) is 118 cm³/mol. The first-order chi connectivity index (χ1) is 13.1. The van der Waals surface area contributed by atoms with Gasteiger partial charge < -0.3 is 16.0 Å². The minimum atomic E-state index is -0.631. The Hall–Kier alpha value is -2.70. The first-order valence-electron chi connectivity index (χ1n) is 8.36. The molecule has 6 heteroatoms. The average molecular weight is 440 g/mol. The fourth-order valence-corrected chi connectivity index (χ4v) is 3.18. The van der Waals surface area contributed by atoms with E-state index in [9.17, 15) is 4.79 Å². The average Bonchev–Trinajstić information content (AvgIpc) is 2.67. The Morgan fingerprint density at radius 2 is 1.44 bits per heavy atom. The van der Waals surface area contributed by atoms with Crippen LogP contribution < -0.4 is 16.0 Å². The van der Waals surface area contributed by atoms with Gasteiger partial charge in [-0.15, -0.1) is 0 Å². The van der Waals surface area contributed by atoms with Crippen molar-refractivity contribution in [2.24, 2.45) is 0 Å². The van der Waals surface area contributed by atoms with Crippen molar-refractivity contribution < 1.29 is 4.79 Å². The number of carbonyl (C=O) groups is 1. The van der Waals surface area contributed by atoms with Crippen LogP contribution in [-0.4, -0.2) is 11.0 Å². The van der Waals surface area contributed by atoms with Crippen molar-refractivity contribution in [2.75, 3.05) is 10.6 Å². The molecule has 0 aliphatic heterocycles. The minimum absolute atomic E-state index is 0.198. The molecule has 3 aromatic rings. The van der Waals surface area contributed by atoms with E-state index in [0.29, 0.717) is 10.8 Å². The third-order valence-corrected chi connectivity index (χ3v) is 4.51. The van der Waals surface area contributed by atoms with E-state index in [2.05, 4.69) is 31.9 Å². The maximum absolute atomic E-state index is 12.9. The van der Waals surface area contributed by atoms with E-state index in [0.717, 1.165) is 15.7 Å². The summed E-state index contributed by atoms with van der Waals surface area (Å²) >= 11 is 8.82. The van der Waals surface area contributed by atoms with Gasteiger partial charge in [-0.1, -0.05) is 70.5 Å². The van der Waals surface area contributed by atoms with Gasteiger partial charge in [-0.05, 0) is 48.1 Å². The second-order valence-electron chi connectivity index (χ2n) is 5.81. The summed E-state index contributed by atoms with van der Waals surface area (Å²) in [5.41, 5.74) is 2.38. The number of thiocarbonyl (C=S) groups is 1. The van der Waals surface area contributed by atoms with Crippen molar-refractivity contribution >= 4 is 50.5 Å². The van der Waals surface area contributed by atoms with Gasteiger partial charge in [0.05, 0.1) is 0 Å². The maximum atomic E-state index is 12.9. The van der Waals surface area contributed by atoms with Crippen molar-refractivity contribution in [1.29, 1.82) is 0 Å². The number of rotatable bonds is 5. The molecule has 1 amide bonds. The highest BCUT2D eigenvalue weighted by Crippen LogP contribution is 2.19. The Bertz CT molecular complexity index is 919. The maximum Gasteiger partial charge on any atom is 0.251 e. The summed E-state index contributed by atoms with van der Waals surface area (Å²) in [4.78, 5) is 12.9. The van der Waals surface area contributed by atoms with Crippen molar-refractivity contribution in [1.82, 2.24) is 5.32 Å². The first kappa shape index (κ1) is 19.1. The summed E-state index contributed by atoms with van der Waals surface area (Å²) in [7, 11) is 0. The number of benzene rings is 3. The van der Waals surface area contributed by atoms with Crippen LogP contribution in [0.15, 0.2) is 89.4 Å². The standard InChI is InChI=1S/C21H18BrN3OS/c22-16-10-7-13-18(14-16)23-20(26)19(15-8-3-1-4-9-15)25-21(27)24-17-11-5-2-6-12-17/h1-14,19H,(H,23,26)(H2,24,25,27)/t19-/m1/s1. The van der Waals surface area contributed by atoms with E-state index in [4.69, 9.17) is 12.2 Å². The summed E-state index contributed by atoms with van der Waals surface area (Å²) in [5, 5.41) is 9.52. The molecule has 4 nitrogen and oxygen atoms in total. The third kappa shape index (κ3) is 5.64. The molecule has 0 heterocycles. The van der Waals surface area contributed by atoms with Crippen molar-refractivity contribution in [3.05, 3.63) is 95.0 Å². The fourth-order valence-electron chi connectivity index (χ4n) is 2.55. The van der Waals surface area contributed by atoms with Crippen LogP contribution in [0, 0.1) is 0 Å². The van der Waals surface area contributed by atoms with Gasteiger partial charge in [0.1, 0.15) is 6.04 Å². The van der Waals surface area contributed by atoms with Crippen LogP contribution in [0.4, 0.5) is 11.4 Å². The van der Waals surface area contributed by atoms with Crippen molar-refractivity contribution in [2.45, 2.75) is 6.04 Å². The second-order valence-corrected chi connectivity index (χ2v) is 7.13. The quantitative estimate of drug-likeness (QED) is 0.483. The predicted octanol–water partition coefficient (Wildman–Crippen LogP) is 5.12. The molecule has 0 spiro atoms. The normalized spacial score (nSPS) is 11.3. The smallest absolute Gasteiger partial charge is 0.251 e. The summed E-state index contributed by atoms with van der Waals surface area (Å²) in [6.45, 7) is 0. The van der Waals surface area contributed by atoms with Crippen LogP contribution in [0.5, 0.6) is 0 Å². The van der Waals surface area contributed by atoms with E-state index in [-0.39, 0.29) is 5.91 Å². The largest absolute Gasteiger partial charge is 0.347 e. The zero-order chi connectivity index (χ0) is 19.1. The number of anilines is 2. The Balaban J connectivity index is 1.76. The number of nitrogens with one attached hydrogen (secondary N) is 3. The van der Waals surface area contributed by atoms with Crippen LogP contribution >= 0.6 is 28.1 Å². The van der Waals surface area contributed by atoms with Gasteiger partial charge in [-0.25, -0.2) is 0 Å². The highest BCUT2D eigenvalue weighted by atomic mass is 79.9. The number of halogens is 1. The van der Waals surface area contributed by atoms with Crippen molar-refractivity contribution in [3.63, 3.8) is 0 Å². The number of hydrogen-bond acceptors (Lipinski definition) is 2. The van der Waals surface area contributed by atoms with Gasteiger partial charge in [0, 0.05) is 15.8 Å². The Morgan fingerprint density at radius 3 is 2.11 bits per heavy atom. The second kappa shape index (κ2) is 9.30. The Labute approximate surface area is 172 Å². The van der Waals surface area contributed by atoms with E-state index in [1.807, 2.05) is 84.9 Å². The van der Waals surface area contributed by atoms with Gasteiger partial charge in [0.25, 0.3) is 5.91 Å². The zero-order valence-electron chi connectivity index (χ0n) is 14.4. The monoisotopic (exact) mass is 439 g/mol. The van der Waals surface area contributed by atoms with E-state index >= 15 is 0 Å². The van der Waals surface area contributed by atoms with Gasteiger partial charge in [-0.2, -0.15) is 0 Å². The number of carbonyl (C=O) groups excluding carboxylic acids is 1. The first-order valence-corrected chi connectivity index (χ1v) is 9.56. The molecule has 27 heavy (non-hydrogen) atoms. The number of amides is 1. The van der Waals surface area contributed by atoms with Crippen LogP contribution in [0.2, 0.25) is 0 Å². The van der Waals surface area contributed by atoms with E-state index in [1.165, 1.54) is 0 Å². The lowest BCUT2D eigenvalue weighted by Gasteiger charge is -2.21. The summed E-state index contributed by atoms with van der Waals surface area (Å²) in [5.74, 6) is -0.198. The SMILES string of the molecule is O=C(Nc1cccc(Br)c1)[C@H](NC(=S)Nc1ccccc1)c1ccccc1. The van der Waals surface area contributed by atoms with Crippen molar-refractivity contribution in [3.8, 4) is 0 Å². The van der Waals surface area contributed by atoms with Crippen LogP contribution in [0.1, 0.15) is 11.6 Å². The molecule has 0 aliphatic carbocycles. The summed E-state index contributed by atoms with van der Waals surface area (Å²) in [6.07, 6.45) is 0. The van der Waals surface area contributed by atoms with Crippen LogP contribution in [0.3, 0.4) is 0 Å². The molecule has 0 saturated carbocycles. The highest BCUT2D eigenvalue weighted by Gasteiger charge is 2.21. The summed E-state index contributed by atoms with van der Waals surface area (Å²) < 4.78 is 0.894. The van der Waals surface area contributed by atoms with Gasteiger partial charge >= 0.3 is 0 Å². The number of para-hydroxylation sites is 1. The van der Waals surface area contributed by atoms with Gasteiger partial charge in [-0.3, -0.25) is 4.79 Å². The third-order valence-electron chi connectivity index (χ3n) is 3.79. The molecule has 3 N–H and O–H groups in total. The molecule has 136 valence electrons. The molecule has 1 atom stereocenters. The molecule has 0 saturated heterocycles. The Kier molecular flexibility index (Phi) is 6.57. The lowest BCUT2D eigenvalue weighted by atomic mass is 10.1. The van der Waals surface area contributed by atoms with Gasteiger partial charge in [0.15, 0.2) is 5.11 Å². The lowest BCUT2D eigenvalue weighted by molar-refractivity contribution is -0.117. The van der Waals surface area contributed by atoms with Crippen LogP contribution in [0.25, 0.3) is 0 Å². The molecule has 0 aromatic heterocycles. The molecule has 0 fully saturated rings. The highest BCUT2D eigenvalue weighted by molar-refractivity contribution is 9.10. The minimum Gasteiger partial charge on any atom is -0.347 e. The number of hydrogen-bond donors (Lipinski definition) is 3. The molecule has 0 unspecified atom stereocenters. The molecule has 0 radical (unpaired) electrons. The molecule has 3 rings (SSSR count). The Morgan fingerprint density at radius 1 is 0.815 bits per heavy atom. The molecule has 0 bridgehead atoms. The van der Waals surface area contributed by atoms with Gasteiger partial charge in [0.2, 0.25) is 0 Å². The molecule has 0 aliphatic rings. The molecular weight excluding hydrogens is 422 g/mol. The zero-order valence-corrected chi connectivity index (χ0v) is 16.8. The molecule has 3 aromatic carbocycles.